The summed E-state index contributed by atoms with van der Waals surface area (Å²) < 4.78 is 0. The van der Waals surface area contributed by atoms with Crippen LogP contribution in [-0.4, -0.2) is 25.0 Å². The highest BCUT2D eigenvalue weighted by Gasteiger charge is 2.22. The molecular formula is C13H17N3O2S. The summed E-state index contributed by atoms with van der Waals surface area (Å²) in [6, 6.07) is 6.62. The van der Waals surface area contributed by atoms with Gasteiger partial charge in [0, 0.05) is 10.8 Å². The van der Waals surface area contributed by atoms with Crippen LogP contribution in [0.1, 0.15) is 12.8 Å². The molecule has 1 heterocycles. The van der Waals surface area contributed by atoms with E-state index >= 15 is 0 Å². The van der Waals surface area contributed by atoms with E-state index in [1.807, 2.05) is 6.07 Å². The van der Waals surface area contributed by atoms with Crippen molar-refractivity contribution in [3.8, 4) is 0 Å². The average Bonchev–Trinajstić information content (AvgIpc) is 2.42. The highest BCUT2D eigenvalue weighted by Crippen LogP contribution is 2.18. The van der Waals surface area contributed by atoms with Gasteiger partial charge in [0.1, 0.15) is 0 Å². The Labute approximate surface area is 117 Å². The summed E-state index contributed by atoms with van der Waals surface area (Å²) in [6.45, 7) is 1.64. The van der Waals surface area contributed by atoms with Crippen LogP contribution < -0.4 is 16.0 Å². The van der Waals surface area contributed by atoms with E-state index in [4.69, 9.17) is 0 Å². The molecule has 1 aromatic rings. The Hall–Kier alpha value is -1.53. The number of para-hydroxylation sites is 1. The lowest BCUT2D eigenvalue weighted by Crippen LogP contribution is -2.42. The second kappa shape index (κ2) is 6.58. The number of anilines is 1. The summed E-state index contributed by atoms with van der Waals surface area (Å²) in [5, 5.41) is 8.17. The Morgan fingerprint density at radius 3 is 2.58 bits per heavy atom. The Morgan fingerprint density at radius 1 is 1.21 bits per heavy atom. The molecule has 1 aliphatic heterocycles. The minimum absolute atomic E-state index is 0.0850. The molecule has 5 nitrogen and oxygen atoms in total. The Bertz CT molecular complexity index is 473. The van der Waals surface area contributed by atoms with Crippen molar-refractivity contribution in [2.75, 3.05) is 18.4 Å². The first-order valence-corrected chi connectivity index (χ1v) is 6.72. The average molecular weight is 279 g/mol. The third kappa shape index (κ3) is 3.97. The minimum Gasteiger partial charge on any atom is -0.317 e. The van der Waals surface area contributed by atoms with Crippen LogP contribution in [0.25, 0.3) is 0 Å². The van der Waals surface area contributed by atoms with Crippen LogP contribution in [0.15, 0.2) is 29.2 Å². The molecule has 0 radical (unpaired) electrons. The molecule has 6 heteroatoms. The number of carbonyl (C=O) groups is 2. The normalized spacial score (nSPS) is 15.8. The maximum Gasteiger partial charge on any atom is 0.325 e. The molecule has 19 heavy (non-hydrogen) atoms. The quantitative estimate of drug-likeness (QED) is 0.622. The van der Waals surface area contributed by atoms with Gasteiger partial charge >= 0.3 is 6.03 Å². The van der Waals surface area contributed by atoms with Gasteiger partial charge in [-0.1, -0.05) is 12.1 Å². The maximum atomic E-state index is 11.9. The predicted octanol–water partition coefficient (Wildman–Crippen LogP) is 1.62. The van der Waals surface area contributed by atoms with E-state index in [0.717, 1.165) is 25.9 Å². The summed E-state index contributed by atoms with van der Waals surface area (Å²) in [5.41, 5.74) is 0.585. The topological polar surface area (TPSA) is 70.2 Å². The van der Waals surface area contributed by atoms with Gasteiger partial charge in [0.2, 0.25) is 5.91 Å². The van der Waals surface area contributed by atoms with Crippen molar-refractivity contribution < 1.29 is 9.59 Å². The summed E-state index contributed by atoms with van der Waals surface area (Å²) in [5.74, 6) is -0.297. The molecule has 1 aliphatic rings. The lowest BCUT2D eigenvalue weighted by Gasteiger charge is -2.21. The Balaban J connectivity index is 1.87. The van der Waals surface area contributed by atoms with Crippen molar-refractivity contribution >= 4 is 30.3 Å². The number of amides is 3. The van der Waals surface area contributed by atoms with E-state index < -0.39 is 6.03 Å². The van der Waals surface area contributed by atoms with Crippen LogP contribution in [0.5, 0.6) is 0 Å². The number of hydrogen-bond acceptors (Lipinski definition) is 4. The van der Waals surface area contributed by atoms with Gasteiger partial charge in [-0.25, -0.2) is 4.79 Å². The molecule has 0 aliphatic carbocycles. The molecule has 102 valence electrons. The number of thiol groups is 1. The number of hydrogen-bond donors (Lipinski definition) is 4. The molecular weight excluding hydrogens is 262 g/mol. The fourth-order valence-corrected chi connectivity index (χ4v) is 2.25. The number of rotatable bonds is 2. The third-order valence-corrected chi connectivity index (χ3v) is 3.49. The first-order valence-electron chi connectivity index (χ1n) is 6.27. The molecule has 2 rings (SSSR count). The summed E-state index contributed by atoms with van der Waals surface area (Å²) in [6.07, 6.45) is 1.53. The van der Waals surface area contributed by atoms with Crippen LogP contribution >= 0.6 is 12.6 Å². The zero-order chi connectivity index (χ0) is 13.7. The highest BCUT2D eigenvalue weighted by atomic mass is 32.1. The molecule has 1 fully saturated rings. The molecule has 0 saturated carbocycles. The number of imide groups is 1. The molecule has 1 saturated heterocycles. The van der Waals surface area contributed by atoms with E-state index in [1.54, 1.807) is 18.2 Å². The lowest BCUT2D eigenvalue weighted by atomic mass is 9.97. The SMILES string of the molecule is O=C(NC(=O)C1CCNCC1)Nc1ccccc1S. The van der Waals surface area contributed by atoms with E-state index in [-0.39, 0.29) is 11.8 Å². The van der Waals surface area contributed by atoms with Gasteiger partial charge in [-0.2, -0.15) is 0 Å². The van der Waals surface area contributed by atoms with Crippen molar-refractivity contribution in [1.29, 1.82) is 0 Å². The van der Waals surface area contributed by atoms with Crippen molar-refractivity contribution in [2.24, 2.45) is 5.92 Å². The van der Waals surface area contributed by atoms with E-state index in [2.05, 4.69) is 28.6 Å². The van der Waals surface area contributed by atoms with E-state index in [9.17, 15) is 9.59 Å². The number of piperidine rings is 1. The smallest absolute Gasteiger partial charge is 0.317 e. The first-order chi connectivity index (χ1) is 9.16. The molecule has 0 aromatic heterocycles. The zero-order valence-electron chi connectivity index (χ0n) is 10.5. The molecule has 0 bridgehead atoms. The third-order valence-electron chi connectivity index (χ3n) is 3.10. The van der Waals surface area contributed by atoms with Crippen LogP contribution in [0.2, 0.25) is 0 Å². The number of urea groups is 1. The van der Waals surface area contributed by atoms with Crippen molar-refractivity contribution in [3.05, 3.63) is 24.3 Å². The minimum atomic E-state index is -0.509. The van der Waals surface area contributed by atoms with Gasteiger partial charge in [-0.15, -0.1) is 12.6 Å². The van der Waals surface area contributed by atoms with Gasteiger partial charge in [0.25, 0.3) is 0 Å². The van der Waals surface area contributed by atoms with Crippen molar-refractivity contribution in [3.63, 3.8) is 0 Å². The van der Waals surface area contributed by atoms with E-state index in [1.165, 1.54) is 0 Å². The molecule has 3 N–H and O–H groups in total. The Morgan fingerprint density at radius 2 is 1.89 bits per heavy atom. The van der Waals surface area contributed by atoms with Gasteiger partial charge in [0.15, 0.2) is 0 Å². The maximum absolute atomic E-state index is 11.9. The van der Waals surface area contributed by atoms with Crippen LogP contribution in [0.4, 0.5) is 10.5 Å². The fourth-order valence-electron chi connectivity index (χ4n) is 2.03. The number of benzene rings is 1. The first kappa shape index (κ1) is 13.9. The fraction of sp³-hybridized carbons (Fsp3) is 0.385. The largest absolute Gasteiger partial charge is 0.325 e. The van der Waals surface area contributed by atoms with Crippen LogP contribution in [0, 0.1) is 5.92 Å². The molecule has 0 spiro atoms. The molecule has 0 unspecified atom stereocenters. The van der Waals surface area contributed by atoms with Gasteiger partial charge < -0.3 is 10.6 Å². The van der Waals surface area contributed by atoms with Crippen molar-refractivity contribution in [1.82, 2.24) is 10.6 Å². The van der Waals surface area contributed by atoms with Gasteiger partial charge in [-0.05, 0) is 38.1 Å². The molecule has 0 atom stereocenters. The number of carbonyl (C=O) groups excluding carboxylic acids is 2. The molecule has 3 amide bonds. The van der Waals surface area contributed by atoms with Crippen LogP contribution in [0.3, 0.4) is 0 Å². The van der Waals surface area contributed by atoms with Crippen molar-refractivity contribution in [2.45, 2.75) is 17.7 Å². The predicted molar refractivity (Wildman–Crippen MR) is 76.4 cm³/mol. The zero-order valence-corrected chi connectivity index (χ0v) is 11.4. The Kier molecular flexibility index (Phi) is 4.81. The highest BCUT2D eigenvalue weighted by molar-refractivity contribution is 7.80. The second-order valence-corrected chi connectivity index (χ2v) is 4.97. The second-order valence-electron chi connectivity index (χ2n) is 4.48. The van der Waals surface area contributed by atoms with Gasteiger partial charge in [0.05, 0.1) is 5.69 Å². The lowest BCUT2D eigenvalue weighted by molar-refractivity contribution is -0.124. The number of nitrogens with one attached hydrogen (secondary N) is 3. The van der Waals surface area contributed by atoms with Crippen LogP contribution in [-0.2, 0) is 4.79 Å². The summed E-state index contributed by atoms with van der Waals surface area (Å²) >= 11 is 4.23. The van der Waals surface area contributed by atoms with Gasteiger partial charge in [-0.3, -0.25) is 10.1 Å². The molecule has 1 aromatic carbocycles. The summed E-state index contributed by atoms with van der Waals surface area (Å²) in [4.78, 5) is 24.2. The van der Waals surface area contributed by atoms with E-state index in [0.29, 0.717) is 10.6 Å². The monoisotopic (exact) mass is 279 g/mol. The summed E-state index contributed by atoms with van der Waals surface area (Å²) in [7, 11) is 0. The standard InChI is InChI=1S/C13H17N3O2S/c17-12(9-5-7-14-8-6-9)16-13(18)15-10-3-1-2-4-11(10)19/h1-4,9,14,19H,5-8H2,(H2,15,16,17,18).